The lowest BCUT2D eigenvalue weighted by Crippen LogP contribution is -1.93. The monoisotopic (exact) mass is 285 g/mol. The van der Waals surface area contributed by atoms with E-state index in [0.717, 1.165) is 16.9 Å². The number of nitrogens with zero attached hydrogens (tertiary/aromatic N) is 2. The van der Waals surface area contributed by atoms with E-state index in [9.17, 15) is 0 Å². The Bertz CT molecular complexity index is 745. The predicted octanol–water partition coefficient (Wildman–Crippen LogP) is 3.82. The van der Waals surface area contributed by atoms with Gasteiger partial charge in [-0.3, -0.25) is 4.40 Å². The van der Waals surface area contributed by atoms with E-state index in [1.807, 2.05) is 47.9 Å². The first-order chi connectivity index (χ1) is 9.25. The Balaban J connectivity index is 0.00000147. The van der Waals surface area contributed by atoms with Crippen molar-refractivity contribution in [3.63, 3.8) is 0 Å². The molecule has 0 saturated heterocycles. The molecular weight excluding hydrogens is 270 g/mol. The lowest BCUT2D eigenvalue weighted by molar-refractivity contribution is 1.19. The van der Waals surface area contributed by atoms with Crippen molar-refractivity contribution < 1.29 is 0 Å². The van der Waals surface area contributed by atoms with Crippen molar-refractivity contribution >= 4 is 36.0 Å². The molecule has 3 aromatic rings. The van der Waals surface area contributed by atoms with Gasteiger partial charge in [-0.25, -0.2) is 4.98 Å². The van der Waals surface area contributed by atoms with Crippen molar-refractivity contribution in [3.05, 3.63) is 65.5 Å². The number of hydrogen-bond acceptors (Lipinski definition) is 2. The number of imidazole rings is 1. The van der Waals surface area contributed by atoms with Crippen LogP contribution in [0, 0.1) is 6.92 Å². The van der Waals surface area contributed by atoms with Crippen LogP contribution in [0.3, 0.4) is 0 Å². The predicted molar refractivity (Wildman–Crippen MR) is 87.0 cm³/mol. The van der Waals surface area contributed by atoms with Gasteiger partial charge in [-0.05, 0) is 24.6 Å². The summed E-state index contributed by atoms with van der Waals surface area (Å²) in [7, 11) is 0. The molecule has 0 atom stereocenters. The number of nitrogen functional groups attached to an aromatic ring is 1. The zero-order chi connectivity index (χ0) is 13.2. The summed E-state index contributed by atoms with van der Waals surface area (Å²) in [6.07, 6.45) is 6.08. The number of anilines is 1. The van der Waals surface area contributed by atoms with Crippen molar-refractivity contribution in [2.75, 3.05) is 5.73 Å². The number of aryl methyl sites for hydroxylation is 1. The van der Waals surface area contributed by atoms with Gasteiger partial charge in [0.25, 0.3) is 0 Å². The van der Waals surface area contributed by atoms with Gasteiger partial charge in [0, 0.05) is 11.8 Å². The van der Waals surface area contributed by atoms with Crippen LogP contribution in [0.15, 0.2) is 48.7 Å². The number of aromatic nitrogens is 2. The van der Waals surface area contributed by atoms with Crippen molar-refractivity contribution in [2.45, 2.75) is 6.92 Å². The Hall–Kier alpha value is -2.26. The minimum absolute atomic E-state index is 0. The third-order valence-electron chi connectivity index (χ3n) is 3.16. The highest BCUT2D eigenvalue weighted by Crippen LogP contribution is 2.19. The summed E-state index contributed by atoms with van der Waals surface area (Å²) in [5.41, 5.74) is 9.97. The van der Waals surface area contributed by atoms with E-state index >= 15 is 0 Å². The summed E-state index contributed by atoms with van der Waals surface area (Å²) in [5, 5.41) is 0. The molecular formula is C16H16ClN3. The van der Waals surface area contributed by atoms with Crippen LogP contribution in [-0.2, 0) is 0 Å². The number of hydrogen-bond donors (Lipinski definition) is 1. The van der Waals surface area contributed by atoms with Gasteiger partial charge in [-0.15, -0.1) is 12.4 Å². The molecule has 2 N–H and O–H groups in total. The highest BCUT2D eigenvalue weighted by molar-refractivity contribution is 5.85. The van der Waals surface area contributed by atoms with E-state index in [0.29, 0.717) is 5.82 Å². The number of pyridine rings is 1. The Kier molecular flexibility index (Phi) is 4.11. The second-order valence-electron chi connectivity index (χ2n) is 4.48. The number of halogens is 1. The molecule has 0 aliphatic rings. The fraction of sp³-hybridized carbons (Fsp3) is 0.0625. The largest absolute Gasteiger partial charge is 0.383 e. The summed E-state index contributed by atoms with van der Waals surface area (Å²) in [5.74, 6) is 0.699. The van der Waals surface area contributed by atoms with Crippen molar-refractivity contribution in [2.24, 2.45) is 0 Å². The highest BCUT2D eigenvalue weighted by Gasteiger charge is 2.06. The van der Waals surface area contributed by atoms with Crippen molar-refractivity contribution in [1.82, 2.24) is 9.38 Å². The lowest BCUT2D eigenvalue weighted by Gasteiger charge is -1.99. The summed E-state index contributed by atoms with van der Waals surface area (Å²) < 4.78 is 1.92. The Labute approximate surface area is 124 Å². The zero-order valence-electron chi connectivity index (χ0n) is 11.2. The van der Waals surface area contributed by atoms with Gasteiger partial charge in [0.05, 0.1) is 5.69 Å². The number of rotatable bonds is 2. The van der Waals surface area contributed by atoms with Gasteiger partial charge < -0.3 is 5.73 Å². The molecule has 0 radical (unpaired) electrons. The Morgan fingerprint density at radius 1 is 1.05 bits per heavy atom. The fourth-order valence-electron chi connectivity index (χ4n) is 2.10. The molecule has 2 aromatic heterocycles. The second-order valence-corrected chi connectivity index (χ2v) is 4.48. The molecule has 0 saturated carbocycles. The minimum Gasteiger partial charge on any atom is -0.383 e. The molecule has 0 amide bonds. The van der Waals surface area contributed by atoms with Gasteiger partial charge in [-0.2, -0.15) is 0 Å². The molecule has 0 aliphatic heterocycles. The smallest absolute Gasteiger partial charge is 0.145 e. The molecule has 0 unspecified atom stereocenters. The molecule has 0 aliphatic carbocycles. The second kappa shape index (κ2) is 5.80. The first kappa shape index (κ1) is 14.2. The molecule has 20 heavy (non-hydrogen) atoms. The van der Waals surface area contributed by atoms with Crippen LogP contribution in [-0.4, -0.2) is 9.38 Å². The van der Waals surface area contributed by atoms with E-state index in [2.05, 4.69) is 29.3 Å². The van der Waals surface area contributed by atoms with E-state index < -0.39 is 0 Å². The zero-order valence-corrected chi connectivity index (χ0v) is 12.0. The topological polar surface area (TPSA) is 43.3 Å². The van der Waals surface area contributed by atoms with Crippen molar-refractivity contribution in [3.8, 4) is 0 Å². The first-order valence-electron chi connectivity index (χ1n) is 6.22. The van der Waals surface area contributed by atoms with Crippen molar-refractivity contribution in [1.29, 1.82) is 0 Å². The van der Waals surface area contributed by atoms with E-state index in [-0.39, 0.29) is 12.4 Å². The van der Waals surface area contributed by atoms with Crippen LogP contribution in [0.2, 0.25) is 0 Å². The van der Waals surface area contributed by atoms with Gasteiger partial charge >= 0.3 is 0 Å². The van der Waals surface area contributed by atoms with E-state index in [1.54, 1.807) is 0 Å². The number of benzene rings is 1. The molecule has 2 heterocycles. The fourth-order valence-corrected chi connectivity index (χ4v) is 2.10. The van der Waals surface area contributed by atoms with E-state index in [4.69, 9.17) is 5.73 Å². The average molecular weight is 286 g/mol. The minimum atomic E-state index is 0. The van der Waals surface area contributed by atoms with Crippen LogP contribution in [0.5, 0.6) is 0 Å². The molecule has 0 fully saturated rings. The molecule has 102 valence electrons. The van der Waals surface area contributed by atoms with Crippen LogP contribution in [0.1, 0.15) is 16.8 Å². The molecule has 1 aromatic carbocycles. The van der Waals surface area contributed by atoms with Crippen LogP contribution in [0.4, 0.5) is 5.82 Å². The van der Waals surface area contributed by atoms with Gasteiger partial charge in [-0.1, -0.05) is 42.5 Å². The van der Waals surface area contributed by atoms with Crippen LogP contribution >= 0.6 is 12.4 Å². The van der Waals surface area contributed by atoms with Crippen LogP contribution < -0.4 is 5.73 Å². The average Bonchev–Trinajstić information content (AvgIpc) is 2.74. The summed E-state index contributed by atoms with van der Waals surface area (Å²) in [4.78, 5) is 4.51. The van der Waals surface area contributed by atoms with Gasteiger partial charge in [0.2, 0.25) is 0 Å². The third kappa shape index (κ3) is 2.53. The third-order valence-corrected chi connectivity index (χ3v) is 3.16. The molecule has 0 bridgehead atoms. The maximum Gasteiger partial charge on any atom is 0.145 e. The van der Waals surface area contributed by atoms with E-state index in [1.165, 1.54) is 5.56 Å². The maximum atomic E-state index is 5.99. The summed E-state index contributed by atoms with van der Waals surface area (Å²) >= 11 is 0. The maximum absolute atomic E-state index is 5.99. The molecule has 4 heteroatoms. The Morgan fingerprint density at radius 2 is 1.80 bits per heavy atom. The van der Waals surface area contributed by atoms with Gasteiger partial charge in [0.1, 0.15) is 11.5 Å². The lowest BCUT2D eigenvalue weighted by atomic mass is 10.1. The van der Waals surface area contributed by atoms with Crippen LogP contribution in [0.25, 0.3) is 17.8 Å². The summed E-state index contributed by atoms with van der Waals surface area (Å²) in [6, 6.07) is 14.2. The SMILES string of the molecule is Cc1nc2c(/C=C/c3ccccc3)cccn2c1N.Cl. The first-order valence-corrected chi connectivity index (χ1v) is 6.22. The molecule has 0 spiro atoms. The number of nitrogens with two attached hydrogens (primary N) is 1. The molecule has 3 nitrogen and oxygen atoms in total. The molecule has 3 rings (SSSR count). The normalized spacial score (nSPS) is 10.8. The number of fused-ring (bicyclic) bond motifs is 1. The summed E-state index contributed by atoms with van der Waals surface area (Å²) in [6.45, 7) is 1.92. The highest BCUT2D eigenvalue weighted by atomic mass is 35.5. The standard InChI is InChI=1S/C16H15N3.ClH/c1-12-15(17)19-11-5-8-14(16(19)18-12)10-9-13-6-3-2-4-7-13;/h2-11H,17H2,1H3;1H/b10-9+;. The van der Waals surface area contributed by atoms with Gasteiger partial charge in [0.15, 0.2) is 0 Å². The quantitative estimate of drug-likeness (QED) is 0.778. The Morgan fingerprint density at radius 3 is 2.55 bits per heavy atom.